The highest BCUT2D eigenvalue weighted by Crippen LogP contribution is 2.32. The largest absolute Gasteiger partial charge is 0.459 e. The topological polar surface area (TPSA) is 65.0 Å². The maximum atomic E-state index is 12.1. The smallest absolute Gasteiger partial charge is 0.338 e. The van der Waals surface area contributed by atoms with Crippen molar-refractivity contribution in [1.82, 2.24) is 0 Å². The highest BCUT2D eigenvalue weighted by Gasteiger charge is 2.45. The molecule has 27 heavy (non-hydrogen) atoms. The van der Waals surface area contributed by atoms with Crippen LogP contribution in [0.5, 0.6) is 0 Å². The standard InChI is InChI=1S/C21H24O5S/c1-2-27-19-18(22)17(14-24-20(23)16-11-7-4-8-12-16)26-21(19)25-13-15-9-5-3-6-10-15/h3-12,17-19,21-22H,2,13-14H2,1H3/t17-,18+,19-,21-/m1/s1. The number of aliphatic hydroxyl groups excluding tert-OH is 1. The zero-order valence-corrected chi connectivity index (χ0v) is 16.0. The minimum absolute atomic E-state index is 0.0130. The minimum Gasteiger partial charge on any atom is -0.459 e. The number of thioether (sulfide) groups is 1. The fourth-order valence-corrected chi connectivity index (χ4v) is 3.97. The fraction of sp³-hybridized carbons (Fsp3) is 0.381. The number of aliphatic hydroxyl groups is 1. The number of carbonyl (C=O) groups excluding carboxylic acids is 1. The van der Waals surface area contributed by atoms with Gasteiger partial charge in [-0.2, -0.15) is 11.8 Å². The van der Waals surface area contributed by atoms with E-state index in [2.05, 4.69) is 0 Å². The van der Waals surface area contributed by atoms with Crippen LogP contribution in [0.15, 0.2) is 60.7 Å². The Morgan fingerprint density at radius 3 is 2.44 bits per heavy atom. The van der Waals surface area contributed by atoms with Crippen LogP contribution in [0.4, 0.5) is 0 Å². The molecule has 2 aromatic carbocycles. The third kappa shape index (κ3) is 5.32. The number of rotatable bonds is 8. The maximum absolute atomic E-state index is 12.1. The summed E-state index contributed by atoms with van der Waals surface area (Å²) in [6.07, 6.45) is -1.92. The number of ether oxygens (including phenoxy) is 3. The zero-order chi connectivity index (χ0) is 19.1. The van der Waals surface area contributed by atoms with Gasteiger partial charge in [-0.25, -0.2) is 4.79 Å². The summed E-state index contributed by atoms with van der Waals surface area (Å²) in [4.78, 5) is 12.1. The Bertz CT molecular complexity index is 709. The van der Waals surface area contributed by atoms with Crippen molar-refractivity contribution < 1.29 is 24.1 Å². The van der Waals surface area contributed by atoms with Gasteiger partial charge in [0, 0.05) is 0 Å². The molecule has 1 heterocycles. The predicted molar refractivity (Wildman–Crippen MR) is 105 cm³/mol. The van der Waals surface area contributed by atoms with Crippen molar-refractivity contribution in [1.29, 1.82) is 0 Å². The summed E-state index contributed by atoms with van der Waals surface area (Å²) in [6, 6.07) is 18.6. The second-order valence-corrected chi connectivity index (χ2v) is 7.67. The monoisotopic (exact) mass is 388 g/mol. The highest BCUT2D eigenvalue weighted by atomic mass is 32.2. The average Bonchev–Trinajstić information content (AvgIpc) is 3.01. The second kappa shape index (κ2) is 9.90. The third-order valence-electron chi connectivity index (χ3n) is 4.30. The fourth-order valence-electron chi connectivity index (χ4n) is 2.91. The van der Waals surface area contributed by atoms with Crippen molar-refractivity contribution >= 4 is 17.7 Å². The average molecular weight is 388 g/mol. The van der Waals surface area contributed by atoms with Crippen molar-refractivity contribution in [3.05, 3.63) is 71.8 Å². The van der Waals surface area contributed by atoms with Gasteiger partial charge in [-0.05, 0) is 23.4 Å². The molecule has 2 aromatic rings. The molecule has 0 spiro atoms. The van der Waals surface area contributed by atoms with Crippen molar-refractivity contribution in [2.75, 3.05) is 12.4 Å². The summed E-state index contributed by atoms with van der Waals surface area (Å²) in [5, 5.41) is 10.4. The van der Waals surface area contributed by atoms with Gasteiger partial charge in [-0.15, -0.1) is 0 Å². The van der Waals surface area contributed by atoms with Gasteiger partial charge >= 0.3 is 5.97 Å². The van der Waals surface area contributed by atoms with Crippen molar-refractivity contribution in [2.45, 2.75) is 37.3 Å². The van der Waals surface area contributed by atoms with Crippen LogP contribution in [-0.4, -0.2) is 47.2 Å². The van der Waals surface area contributed by atoms with Gasteiger partial charge < -0.3 is 19.3 Å². The van der Waals surface area contributed by atoms with Crippen LogP contribution in [-0.2, 0) is 20.8 Å². The van der Waals surface area contributed by atoms with Gasteiger partial charge in [0.05, 0.1) is 17.4 Å². The first-order valence-electron chi connectivity index (χ1n) is 9.02. The highest BCUT2D eigenvalue weighted by molar-refractivity contribution is 8.00. The summed E-state index contributed by atoms with van der Waals surface area (Å²) in [7, 11) is 0. The summed E-state index contributed by atoms with van der Waals surface area (Å²) < 4.78 is 17.1. The van der Waals surface area contributed by atoms with E-state index in [-0.39, 0.29) is 11.9 Å². The van der Waals surface area contributed by atoms with E-state index in [9.17, 15) is 9.90 Å². The Balaban J connectivity index is 1.57. The SMILES string of the molecule is CCS[C@H]1[C@H](OCc2ccccc2)O[C@H](COC(=O)c2ccccc2)[C@@H]1O. The molecule has 0 amide bonds. The minimum atomic E-state index is -0.765. The number of carbonyl (C=O) groups is 1. The van der Waals surface area contributed by atoms with Crippen LogP contribution in [0, 0.1) is 0 Å². The molecular formula is C21H24O5S. The first kappa shape index (κ1) is 19.9. The first-order valence-corrected chi connectivity index (χ1v) is 10.1. The van der Waals surface area contributed by atoms with Crippen LogP contribution >= 0.6 is 11.8 Å². The maximum Gasteiger partial charge on any atom is 0.338 e. The molecule has 1 saturated heterocycles. The number of esters is 1. The van der Waals surface area contributed by atoms with Gasteiger partial charge in [-0.1, -0.05) is 55.5 Å². The molecular weight excluding hydrogens is 364 g/mol. The van der Waals surface area contributed by atoms with E-state index in [4.69, 9.17) is 14.2 Å². The quantitative estimate of drug-likeness (QED) is 0.700. The van der Waals surface area contributed by atoms with Gasteiger partial charge in [0.2, 0.25) is 0 Å². The van der Waals surface area contributed by atoms with E-state index in [0.717, 1.165) is 11.3 Å². The second-order valence-electron chi connectivity index (χ2n) is 6.21. The molecule has 1 N–H and O–H groups in total. The summed E-state index contributed by atoms with van der Waals surface area (Å²) in [5.41, 5.74) is 1.51. The van der Waals surface area contributed by atoms with E-state index in [1.165, 1.54) is 0 Å². The number of hydrogen-bond donors (Lipinski definition) is 1. The molecule has 0 aliphatic carbocycles. The van der Waals surface area contributed by atoms with Crippen molar-refractivity contribution in [3.8, 4) is 0 Å². The summed E-state index contributed by atoms with van der Waals surface area (Å²) >= 11 is 1.58. The van der Waals surface area contributed by atoms with Gasteiger partial charge in [0.1, 0.15) is 18.8 Å². The molecule has 4 atom stereocenters. The Kier molecular flexibility index (Phi) is 7.29. The number of hydrogen-bond acceptors (Lipinski definition) is 6. The lowest BCUT2D eigenvalue weighted by Crippen LogP contribution is -2.33. The van der Waals surface area contributed by atoms with Gasteiger partial charge in [0.15, 0.2) is 6.29 Å². The first-order chi connectivity index (χ1) is 13.2. The van der Waals surface area contributed by atoms with E-state index >= 15 is 0 Å². The predicted octanol–water partition coefficient (Wildman–Crippen LogP) is 3.27. The lowest BCUT2D eigenvalue weighted by Gasteiger charge is -2.19. The van der Waals surface area contributed by atoms with E-state index in [1.807, 2.05) is 43.3 Å². The third-order valence-corrected chi connectivity index (χ3v) is 5.52. The normalized spacial score (nSPS) is 24.7. The van der Waals surface area contributed by atoms with Crippen LogP contribution in [0.2, 0.25) is 0 Å². The van der Waals surface area contributed by atoms with Gasteiger partial charge in [-0.3, -0.25) is 0 Å². The van der Waals surface area contributed by atoms with E-state index in [0.29, 0.717) is 12.2 Å². The van der Waals surface area contributed by atoms with E-state index in [1.54, 1.807) is 36.0 Å². The Labute approximate surface area is 163 Å². The lowest BCUT2D eigenvalue weighted by molar-refractivity contribution is -0.148. The molecule has 5 nitrogen and oxygen atoms in total. The molecule has 144 valence electrons. The van der Waals surface area contributed by atoms with Crippen LogP contribution in [0.3, 0.4) is 0 Å². The summed E-state index contributed by atoms with van der Waals surface area (Å²) in [5.74, 6) is 0.395. The van der Waals surface area contributed by atoms with Crippen molar-refractivity contribution in [2.24, 2.45) is 0 Å². The molecule has 3 rings (SSSR count). The number of benzene rings is 2. The molecule has 0 aromatic heterocycles. The van der Waals surface area contributed by atoms with E-state index < -0.39 is 24.5 Å². The molecule has 0 unspecified atom stereocenters. The molecule has 0 radical (unpaired) electrons. The Hall–Kier alpha value is -1.86. The van der Waals surface area contributed by atoms with Crippen LogP contribution < -0.4 is 0 Å². The molecule has 0 bridgehead atoms. The molecule has 1 fully saturated rings. The van der Waals surface area contributed by atoms with Crippen molar-refractivity contribution in [3.63, 3.8) is 0 Å². The molecule has 1 aliphatic rings. The molecule has 0 saturated carbocycles. The Morgan fingerprint density at radius 2 is 1.78 bits per heavy atom. The van der Waals surface area contributed by atoms with Crippen LogP contribution in [0.1, 0.15) is 22.8 Å². The van der Waals surface area contributed by atoms with Crippen LogP contribution in [0.25, 0.3) is 0 Å². The lowest BCUT2D eigenvalue weighted by atomic mass is 10.2. The molecule has 1 aliphatic heterocycles. The molecule has 6 heteroatoms. The zero-order valence-electron chi connectivity index (χ0n) is 15.2. The Morgan fingerprint density at radius 1 is 1.11 bits per heavy atom. The summed E-state index contributed by atoms with van der Waals surface area (Å²) in [6.45, 7) is 2.41. The van der Waals surface area contributed by atoms with Gasteiger partial charge in [0.25, 0.3) is 0 Å².